The Morgan fingerprint density at radius 1 is 1.53 bits per heavy atom. The van der Waals surface area contributed by atoms with Crippen molar-refractivity contribution in [3.8, 4) is 0 Å². The number of nitrogens with two attached hydrogens (primary N) is 1. The Hall–Kier alpha value is -1.13. The van der Waals surface area contributed by atoms with Gasteiger partial charge in [0.05, 0.1) is 5.60 Å². The Morgan fingerprint density at radius 3 is 2.94 bits per heavy atom. The molecule has 3 N–H and O–H groups in total. The summed E-state index contributed by atoms with van der Waals surface area (Å²) in [5, 5.41) is 10.1. The van der Waals surface area contributed by atoms with E-state index in [1.807, 2.05) is 6.92 Å². The molecule has 1 aliphatic rings. The second kappa shape index (κ2) is 4.63. The number of hydrogen-bond acceptors (Lipinski definition) is 3. The van der Waals surface area contributed by atoms with Crippen LogP contribution in [0.2, 0.25) is 0 Å². The van der Waals surface area contributed by atoms with Crippen LogP contribution >= 0.6 is 0 Å². The Bertz CT molecular complexity index is 406. The fourth-order valence-electron chi connectivity index (χ4n) is 2.45. The molecule has 0 spiro atoms. The molecule has 1 unspecified atom stereocenters. The van der Waals surface area contributed by atoms with Crippen LogP contribution in [0.1, 0.15) is 25.3 Å². The van der Waals surface area contributed by atoms with Crippen LogP contribution in [0.3, 0.4) is 0 Å². The molecular formula is C13H19FN2O. The number of benzene rings is 1. The van der Waals surface area contributed by atoms with Gasteiger partial charge in [-0.2, -0.15) is 0 Å². The first kappa shape index (κ1) is 12.3. The molecule has 2 rings (SSSR count). The largest absolute Gasteiger partial charge is 0.388 e. The number of anilines is 1. The highest BCUT2D eigenvalue weighted by molar-refractivity contribution is 5.54. The maximum absolute atomic E-state index is 13.1. The van der Waals surface area contributed by atoms with Crippen molar-refractivity contribution < 1.29 is 9.50 Å². The average molecular weight is 238 g/mol. The summed E-state index contributed by atoms with van der Waals surface area (Å²) in [6.45, 7) is 3.61. The SMILES string of the molecule is CC1(O)CCCN(c2ccc(F)cc2CN)C1. The molecule has 4 heteroatoms. The highest BCUT2D eigenvalue weighted by Crippen LogP contribution is 2.28. The maximum atomic E-state index is 13.1. The molecule has 1 aliphatic heterocycles. The second-order valence-corrected chi connectivity index (χ2v) is 5.00. The van der Waals surface area contributed by atoms with Crippen LogP contribution in [-0.2, 0) is 6.54 Å². The van der Waals surface area contributed by atoms with Crippen molar-refractivity contribution in [1.82, 2.24) is 0 Å². The van der Waals surface area contributed by atoms with Crippen molar-refractivity contribution in [2.45, 2.75) is 31.9 Å². The molecule has 1 atom stereocenters. The van der Waals surface area contributed by atoms with E-state index in [9.17, 15) is 9.50 Å². The smallest absolute Gasteiger partial charge is 0.123 e. The predicted octanol–water partition coefficient (Wildman–Crippen LogP) is 1.64. The van der Waals surface area contributed by atoms with Crippen LogP contribution in [0.4, 0.5) is 10.1 Å². The van der Waals surface area contributed by atoms with E-state index in [1.54, 1.807) is 6.07 Å². The number of nitrogens with zero attached hydrogens (tertiary/aromatic N) is 1. The first-order valence-electron chi connectivity index (χ1n) is 5.98. The molecule has 0 saturated carbocycles. The van der Waals surface area contributed by atoms with E-state index in [4.69, 9.17) is 5.73 Å². The lowest BCUT2D eigenvalue weighted by molar-refractivity contribution is 0.0449. The maximum Gasteiger partial charge on any atom is 0.123 e. The normalized spacial score (nSPS) is 25.1. The topological polar surface area (TPSA) is 49.5 Å². The van der Waals surface area contributed by atoms with E-state index in [1.165, 1.54) is 12.1 Å². The third-order valence-electron chi connectivity index (χ3n) is 3.28. The van der Waals surface area contributed by atoms with Gasteiger partial charge in [-0.3, -0.25) is 0 Å². The molecule has 1 saturated heterocycles. The molecule has 0 bridgehead atoms. The summed E-state index contributed by atoms with van der Waals surface area (Å²) in [7, 11) is 0. The van der Waals surface area contributed by atoms with E-state index in [0.717, 1.165) is 30.6 Å². The zero-order valence-corrected chi connectivity index (χ0v) is 10.1. The average Bonchev–Trinajstić information content (AvgIpc) is 2.27. The van der Waals surface area contributed by atoms with Crippen LogP contribution in [0.5, 0.6) is 0 Å². The van der Waals surface area contributed by atoms with Gasteiger partial charge in [-0.05, 0) is 43.5 Å². The lowest BCUT2D eigenvalue weighted by Crippen LogP contribution is -2.46. The number of rotatable bonds is 2. The zero-order chi connectivity index (χ0) is 12.5. The van der Waals surface area contributed by atoms with Crippen LogP contribution in [0, 0.1) is 5.82 Å². The second-order valence-electron chi connectivity index (χ2n) is 5.00. The summed E-state index contributed by atoms with van der Waals surface area (Å²) in [4.78, 5) is 2.09. The summed E-state index contributed by atoms with van der Waals surface area (Å²) in [5.41, 5.74) is 6.70. The molecule has 1 heterocycles. The Balaban J connectivity index is 2.27. The van der Waals surface area contributed by atoms with E-state index in [-0.39, 0.29) is 5.82 Å². The van der Waals surface area contributed by atoms with Gasteiger partial charge in [0.25, 0.3) is 0 Å². The molecule has 94 valence electrons. The number of aliphatic hydroxyl groups is 1. The van der Waals surface area contributed by atoms with Crippen LogP contribution in [0.25, 0.3) is 0 Å². The molecule has 0 amide bonds. The van der Waals surface area contributed by atoms with Gasteiger partial charge in [0.2, 0.25) is 0 Å². The highest BCUT2D eigenvalue weighted by Gasteiger charge is 2.29. The first-order valence-corrected chi connectivity index (χ1v) is 5.98. The minimum absolute atomic E-state index is 0.266. The lowest BCUT2D eigenvalue weighted by atomic mass is 9.94. The summed E-state index contributed by atoms with van der Waals surface area (Å²) in [6, 6.07) is 4.66. The Labute approximate surface area is 101 Å². The lowest BCUT2D eigenvalue weighted by Gasteiger charge is -2.39. The number of β-amino-alcohol motifs (C(OH)–C–C–N with tert-alkyl or cyclic N) is 1. The quantitative estimate of drug-likeness (QED) is 0.823. The number of piperidine rings is 1. The van der Waals surface area contributed by atoms with E-state index in [2.05, 4.69) is 4.90 Å². The molecule has 3 nitrogen and oxygen atoms in total. The van der Waals surface area contributed by atoms with Crippen molar-refractivity contribution in [1.29, 1.82) is 0 Å². The third-order valence-corrected chi connectivity index (χ3v) is 3.28. The van der Waals surface area contributed by atoms with E-state index < -0.39 is 5.60 Å². The zero-order valence-electron chi connectivity index (χ0n) is 10.1. The summed E-state index contributed by atoms with van der Waals surface area (Å²) >= 11 is 0. The van der Waals surface area contributed by atoms with Gasteiger partial charge in [-0.15, -0.1) is 0 Å². The minimum atomic E-state index is -0.668. The van der Waals surface area contributed by atoms with E-state index >= 15 is 0 Å². The van der Waals surface area contributed by atoms with E-state index in [0.29, 0.717) is 13.1 Å². The van der Waals surface area contributed by atoms with Gasteiger partial charge < -0.3 is 15.7 Å². The van der Waals surface area contributed by atoms with Crippen molar-refractivity contribution >= 4 is 5.69 Å². The summed E-state index contributed by atoms with van der Waals surface area (Å²) in [6.07, 6.45) is 1.75. The third kappa shape index (κ3) is 2.76. The molecule has 1 fully saturated rings. The highest BCUT2D eigenvalue weighted by atomic mass is 19.1. The minimum Gasteiger partial charge on any atom is -0.388 e. The molecular weight excluding hydrogens is 219 g/mol. The molecule has 17 heavy (non-hydrogen) atoms. The van der Waals surface area contributed by atoms with Crippen molar-refractivity contribution in [2.75, 3.05) is 18.0 Å². The molecule has 0 aromatic heterocycles. The Kier molecular flexibility index (Phi) is 3.35. The fourth-order valence-corrected chi connectivity index (χ4v) is 2.45. The fraction of sp³-hybridized carbons (Fsp3) is 0.538. The van der Waals surface area contributed by atoms with Gasteiger partial charge in [-0.25, -0.2) is 4.39 Å². The summed E-state index contributed by atoms with van der Waals surface area (Å²) < 4.78 is 13.1. The van der Waals surface area contributed by atoms with Crippen molar-refractivity contribution in [2.24, 2.45) is 5.73 Å². The van der Waals surface area contributed by atoms with Crippen LogP contribution in [0.15, 0.2) is 18.2 Å². The molecule has 0 radical (unpaired) electrons. The molecule has 1 aromatic carbocycles. The van der Waals surface area contributed by atoms with Gasteiger partial charge in [0.1, 0.15) is 5.82 Å². The summed E-state index contributed by atoms with van der Waals surface area (Å²) in [5.74, 6) is -0.266. The van der Waals surface area contributed by atoms with Gasteiger partial charge in [-0.1, -0.05) is 0 Å². The molecule has 0 aliphatic carbocycles. The van der Waals surface area contributed by atoms with Gasteiger partial charge in [0.15, 0.2) is 0 Å². The van der Waals surface area contributed by atoms with Crippen molar-refractivity contribution in [3.05, 3.63) is 29.6 Å². The van der Waals surface area contributed by atoms with Gasteiger partial charge in [0, 0.05) is 25.3 Å². The standard InChI is InChI=1S/C13H19FN2O/c1-13(17)5-2-6-16(9-13)12-4-3-11(14)7-10(12)8-15/h3-4,7,17H,2,5-6,8-9,15H2,1H3. The van der Waals surface area contributed by atoms with Crippen LogP contribution < -0.4 is 10.6 Å². The van der Waals surface area contributed by atoms with Crippen molar-refractivity contribution in [3.63, 3.8) is 0 Å². The van der Waals surface area contributed by atoms with Gasteiger partial charge >= 0.3 is 0 Å². The number of hydrogen-bond donors (Lipinski definition) is 2. The van der Waals surface area contributed by atoms with Crippen LogP contribution in [-0.4, -0.2) is 23.8 Å². The number of halogens is 1. The Morgan fingerprint density at radius 2 is 2.29 bits per heavy atom. The predicted molar refractivity (Wildman–Crippen MR) is 66.4 cm³/mol. The molecule has 1 aromatic rings. The first-order chi connectivity index (χ1) is 8.02. The monoisotopic (exact) mass is 238 g/mol.